The molecule has 1 amide bonds. The molecule has 3 rings (SSSR count). The van der Waals surface area contributed by atoms with Gasteiger partial charge in [-0.25, -0.2) is 4.39 Å². The fourth-order valence-electron chi connectivity index (χ4n) is 2.50. The number of hydrogen-bond donors (Lipinski definition) is 1. The van der Waals surface area contributed by atoms with Crippen LogP contribution in [0.1, 0.15) is 5.56 Å². The van der Waals surface area contributed by atoms with E-state index >= 15 is 0 Å². The highest BCUT2D eigenvalue weighted by Crippen LogP contribution is 2.22. The van der Waals surface area contributed by atoms with Crippen molar-refractivity contribution < 1.29 is 9.18 Å². The first-order chi connectivity index (χ1) is 12.8. The SMILES string of the molecule is Cc1ccc(NC(=O)Cn2ccn(-c3ccc(F)cc3)c(=O)c2=O)c(Cl)c1. The van der Waals surface area contributed by atoms with Crippen molar-refractivity contribution in [1.29, 1.82) is 0 Å². The van der Waals surface area contributed by atoms with Gasteiger partial charge in [-0.15, -0.1) is 0 Å². The van der Waals surface area contributed by atoms with Crippen molar-refractivity contribution in [3.63, 3.8) is 0 Å². The van der Waals surface area contributed by atoms with E-state index in [2.05, 4.69) is 5.32 Å². The van der Waals surface area contributed by atoms with E-state index in [9.17, 15) is 18.8 Å². The molecule has 6 nitrogen and oxygen atoms in total. The first-order valence-corrected chi connectivity index (χ1v) is 8.37. The summed E-state index contributed by atoms with van der Waals surface area (Å²) in [6, 6.07) is 10.3. The van der Waals surface area contributed by atoms with E-state index < -0.39 is 22.8 Å². The van der Waals surface area contributed by atoms with Gasteiger partial charge in [-0.1, -0.05) is 17.7 Å². The van der Waals surface area contributed by atoms with Gasteiger partial charge in [0.25, 0.3) is 0 Å². The van der Waals surface area contributed by atoms with Crippen LogP contribution in [0.5, 0.6) is 0 Å². The summed E-state index contributed by atoms with van der Waals surface area (Å²) >= 11 is 6.07. The summed E-state index contributed by atoms with van der Waals surface area (Å²) in [5, 5.41) is 2.98. The molecule has 27 heavy (non-hydrogen) atoms. The minimum atomic E-state index is -0.869. The minimum Gasteiger partial charge on any atom is -0.323 e. The lowest BCUT2D eigenvalue weighted by atomic mass is 10.2. The van der Waals surface area contributed by atoms with E-state index in [1.807, 2.05) is 6.92 Å². The molecular formula is C19H15ClFN3O3. The van der Waals surface area contributed by atoms with Crippen molar-refractivity contribution in [3.05, 3.63) is 92.0 Å². The predicted octanol–water partition coefficient (Wildman–Crippen LogP) is 2.74. The van der Waals surface area contributed by atoms with Crippen LogP contribution in [-0.2, 0) is 11.3 Å². The fourth-order valence-corrected chi connectivity index (χ4v) is 2.79. The molecule has 1 aromatic heterocycles. The van der Waals surface area contributed by atoms with Crippen LogP contribution in [0.3, 0.4) is 0 Å². The molecule has 1 heterocycles. The number of carbonyl (C=O) groups excluding carboxylic acids is 1. The number of carbonyl (C=O) groups is 1. The summed E-state index contributed by atoms with van der Waals surface area (Å²) in [5.74, 6) is -0.951. The van der Waals surface area contributed by atoms with Crippen molar-refractivity contribution in [2.45, 2.75) is 13.5 Å². The second-order valence-corrected chi connectivity index (χ2v) is 6.32. The molecule has 0 saturated heterocycles. The Labute approximate surface area is 158 Å². The van der Waals surface area contributed by atoms with Gasteiger partial charge in [-0.05, 0) is 48.9 Å². The van der Waals surface area contributed by atoms with E-state index in [1.54, 1.807) is 18.2 Å². The highest BCUT2D eigenvalue weighted by atomic mass is 35.5. The largest absolute Gasteiger partial charge is 0.323 e. The van der Waals surface area contributed by atoms with Crippen molar-refractivity contribution in [1.82, 2.24) is 9.13 Å². The standard InChI is InChI=1S/C19H15ClFN3O3/c1-12-2-7-16(15(20)10-12)22-17(25)11-23-8-9-24(19(27)18(23)26)14-5-3-13(21)4-6-14/h2-10H,11H2,1H3,(H,22,25). The van der Waals surface area contributed by atoms with Crippen molar-refractivity contribution in [3.8, 4) is 5.69 Å². The van der Waals surface area contributed by atoms with E-state index in [-0.39, 0.29) is 6.54 Å². The molecule has 138 valence electrons. The van der Waals surface area contributed by atoms with Crippen molar-refractivity contribution in [2.75, 3.05) is 5.32 Å². The van der Waals surface area contributed by atoms with Gasteiger partial charge in [0.2, 0.25) is 5.91 Å². The monoisotopic (exact) mass is 387 g/mol. The topological polar surface area (TPSA) is 73.1 Å². The molecule has 0 saturated carbocycles. The molecule has 0 aliphatic rings. The number of anilines is 1. The van der Waals surface area contributed by atoms with E-state index in [4.69, 9.17) is 11.6 Å². The Bertz CT molecular complexity index is 1120. The maximum atomic E-state index is 13.0. The Morgan fingerprint density at radius 3 is 2.44 bits per heavy atom. The first kappa shape index (κ1) is 18.6. The lowest BCUT2D eigenvalue weighted by Gasteiger charge is -2.10. The van der Waals surface area contributed by atoms with Crippen LogP contribution in [0, 0.1) is 12.7 Å². The van der Waals surface area contributed by atoms with E-state index in [0.29, 0.717) is 16.4 Å². The minimum absolute atomic E-state index is 0.345. The second-order valence-electron chi connectivity index (χ2n) is 5.91. The predicted molar refractivity (Wildman–Crippen MR) is 101 cm³/mol. The van der Waals surface area contributed by atoms with Crippen LogP contribution in [0.2, 0.25) is 5.02 Å². The highest BCUT2D eigenvalue weighted by Gasteiger charge is 2.11. The Morgan fingerprint density at radius 1 is 1.07 bits per heavy atom. The third-order valence-corrected chi connectivity index (χ3v) is 4.19. The number of nitrogens with zero attached hydrogens (tertiary/aromatic N) is 2. The Kier molecular flexibility index (Phi) is 5.23. The molecular weight excluding hydrogens is 373 g/mol. The van der Waals surface area contributed by atoms with E-state index in [0.717, 1.165) is 14.7 Å². The van der Waals surface area contributed by atoms with Crippen LogP contribution in [0.4, 0.5) is 10.1 Å². The Balaban J connectivity index is 1.82. The summed E-state index contributed by atoms with van der Waals surface area (Å²) in [4.78, 5) is 36.8. The number of aryl methyl sites for hydroxylation is 1. The Morgan fingerprint density at radius 2 is 1.78 bits per heavy atom. The van der Waals surface area contributed by atoms with Crippen LogP contribution in [0.15, 0.2) is 64.4 Å². The lowest BCUT2D eigenvalue weighted by Crippen LogP contribution is -2.41. The number of amides is 1. The van der Waals surface area contributed by atoms with Crippen LogP contribution in [0.25, 0.3) is 5.69 Å². The molecule has 0 aliphatic carbocycles. The summed E-state index contributed by atoms with van der Waals surface area (Å²) in [6.45, 7) is 1.52. The van der Waals surface area contributed by atoms with Crippen molar-refractivity contribution in [2.24, 2.45) is 0 Å². The van der Waals surface area contributed by atoms with Gasteiger partial charge < -0.3 is 5.32 Å². The number of halogens is 2. The van der Waals surface area contributed by atoms with Crippen LogP contribution in [-0.4, -0.2) is 15.0 Å². The molecule has 1 N–H and O–H groups in total. The van der Waals surface area contributed by atoms with Crippen LogP contribution < -0.4 is 16.4 Å². The molecule has 0 radical (unpaired) electrons. The summed E-state index contributed by atoms with van der Waals surface area (Å²) < 4.78 is 15.1. The second kappa shape index (κ2) is 7.59. The zero-order valence-corrected chi connectivity index (χ0v) is 15.0. The summed E-state index contributed by atoms with van der Waals surface area (Å²) in [6.07, 6.45) is 2.67. The molecule has 8 heteroatoms. The maximum absolute atomic E-state index is 13.0. The molecule has 0 fully saturated rings. The molecule has 0 spiro atoms. The normalized spacial score (nSPS) is 10.6. The van der Waals surface area contributed by atoms with Gasteiger partial charge in [0, 0.05) is 18.1 Å². The third kappa shape index (κ3) is 4.15. The van der Waals surface area contributed by atoms with Gasteiger partial charge in [0.15, 0.2) is 0 Å². The average Bonchev–Trinajstić information content (AvgIpc) is 2.63. The zero-order chi connectivity index (χ0) is 19.6. The maximum Gasteiger partial charge on any atom is 0.320 e. The van der Waals surface area contributed by atoms with Gasteiger partial charge in [-0.3, -0.25) is 23.5 Å². The number of benzene rings is 2. The average molecular weight is 388 g/mol. The van der Waals surface area contributed by atoms with Crippen molar-refractivity contribution >= 4 is 23.2 Å². The smallest absolute Gasteiger partial charge is 0.320 e. The third-order valence-electron chi connectivity index (χ3n) is 3.88. The van der Waals surface area contributed by atoms with Gasteiger partial charge in [0.05, 0.1) is 10.7 Å². The van der Waals surface area contributed by atoms with Gasteiger partial charge in [0.1, 0.15) is 12.4 Å². The molecule has 2 aromatic carbocycles. The Hall–Kier alpha value is -3.19. The number of aromatic nitrogens is 2. The fraction of sp³-hybridized carbons (Fsp3) is 0.105. The quantitative estimate of drug-likeness (QED) is 0.699. The molecule has 0 atom stereocenters. The number of nitrogens with one attached hydrogen (secondary N) is 1. The lowest BCUT2D eigenvalue weighted by molar-refractivity contribution is -0.116. The van der Waals surface area contributed by atoms with Gasteiger partial charge >= 0.3 is 11.1 Å². The van der Waals surface area contributed by atoms with Gasteiger partial charge in [-0.2, -0.15) is 0 Å². The summed E-state index contributed by atoms with van der Waals surface area (Å²) in [5.41, 5.74) is -0.00242. The molecule has 0 aliphatic heterocycles. The number of rotatable bonds is 4. The van der Waals surface area contributed by atoms with E-state index in [1.165, 1.54) is 36.7 Å². The molecule has 3 aromatic rings. The zero-order valence-electron chi connectivity index (χ0n) is 14.3. The molecule has 0 bridgehead atoms. The highest BCUT2D eigenvalue weighted by molar-refractivity contribution is 6.33. The van der Waals surface area contributed by atoms with Crippen LogP contribution >= 0.6 is 11.6 Å². The number of hydrogen-bond acceptors (Lipinski definition) is 3. The summed E-state index contributed by atoms with van der Waals surface area (Å²) in [7, 11) is 0. The molecule has 0 unspecified atom stereocenters. The first-order valence-electron chi connectivity index (χ1n) is 7.99.